The molecule has 1 heterocycles. The van der Waals surface area contributed by atoms with Crippen LogP contribution in [0.5, 0.6) is 0 Å². The average Bonchev–Trinajstić information content (AvgIpc) is 2.09. The van der Waals surface area contributed by atoms with Crippen molar-refractivity contribution in [1.29, 1.82) is 0 Å². The van der Waals surface area contributed by atoms with Crippen molar-refractivity contribution in [1.82, 2.24) is 5.32 Å². The second-order valence-corrected chi connectivity index (χ2v) is 2.97. The summed E-state index contributed by atoms with van der Waals surface area (Å²) in [7, 11) is 0. The summed E-state index contributed by atoms with van der Waals surface area (Å²) in [5, 5.41) is 47.6. The number of hydrogen-bond acceptors (Lipinski definition) is 6. The fourth-order valence-corrected chi connectivity index (χ4v) is 1.15. The first-order chi connectivity index (χ1) is 5.51. The molecule has 1 aliphatic rings. The van der Waals surface area contributed by atoms with Gasteiger partial charge in [-0.3, -0.25) is 5.32 Å². The highest BCUT2D eigenvalue weighted by atomic mass is 16.4. The van der Waals surface area contributed by atoms with Crippen molar-refractivity contribution < 1.29 is 25.5 Å². The second kappa shape index (κ2) is 3.25. The van der Waals surface area contributed by atoms with Crippen LogP contribution in [0.3, 0.4) is 0 Å². The van der Waals surface area contributed by atoms with Crippen molar-refractivity contribution in [2.24, 2.45) is 0 Å². The molecule has 1 saturated heterocycles. The lowest BCUT2D eigenvalue weighted by molar-refractivity contribution is -0.207. The Bertz CT molecular complexity index is 166. The highest BCUT2D eigenvalue weighted by molar-refractivity contribution is 4.96. The predicted molar refractivity (Wildman–Crippen MR) is 38.1 cm³/mol. The topological polar surface area (TPSA) is 113 Å². The Hall–Kier alpha value is -0.240. The largest absolute Gasteiger partial charge is 0.392 e. The number of β-amino-alcohol motifs (C(OH)–C–C–N with tert-alkyl or cyclic N) is 1. The molecule has 1 rings (SSSR count). The van der Waals surface area contributed by atoms with Crippen molar-refractivity contribution >= 4 is 0 Å². The summed E-state index contributed by atoms with van der Waals surface area (Å²) >= 11 is 0. The van der Waals surface area contributed by atoms with Gasteiger partial charge in [0.25, 0.3) is 0 Å². The van der Waals surface area contributed by atoms with Gasteiger partial charge in [0.05, 0.1) is 12.7 Å². The Morgan fingerprint density at radius 1 is 1.33 bits per heavy atom. The van der Waals surface area contributed by atoms with Crippen LogP contribution in [0.1, 0.15) is 0 Å². The Balaban J connectivity index is 2.71. The molecule has 6 nitrogen and oxygen atoms in total. The van der Waals surface area contributed by atoms with E-state index in [-0.39, 0.29) is 6.54 Å². The minimum absolute atomic E-state index is 0.0741. The Labute approximate surface area is 69.1 Å². The van der Waals surface area contributed by atoms with Crippen LogP contribution in [0.25, 0.3) is 0 Å². The van der Waals surface area contributed by atoms with Crippen LogP contribution in [0.4, 0.5) is 0 Å². The fraction of sp³-hybridized carbons (Fsp3) is 1.00. The fourth-order valence-electron chi connectivity index (χ4n) is 1.15. The Morgan fingerprint density at radius 2 is 1.92 bits per heavy atom. The summed E-state index contributed by atoms with van der Waals surface area (Å²) < 4.78 is 0. The quantitative estimate of drug-likeness (QED) is 0.247. The lowest BCUT2D eigenvalue weighted by Crippen LogP contribution is -2.69. The summed E-state index contributed by atoms with van der Waals surface area (Å²) in [6.07, 6.45) is -4.17. The maximum atomic E-state index is 9.35. The zero-order valence-electron chi connectivity index (χ0n) is 6.38. The van der Waals surface area contributed by atoms with E-state index in [2.05, 4.69) is 5.32 Å². The lowest BCUT2D eigenvalue weighted by Gasteiger charge is -2.41. The van der Waals surface area contributed by atoms with Gasteiger partial charge in [-0.05, 0) is 0 Å². The summed E-state index contributed by atoms with van der Waals surface area (Å²) in [5.74, 6) is 0. The molecule has 0 amide bonds. The first-order valence-electron chi connectivity index (χ1n) is 3.64. The van der Waals surface area contributed by atoms with E-state index >= 15 is 0 Å². The molecule has 0 aromatic carbocycles. The Morgan fingerprint density at radius 3 is 2.42 bits per heavy atom. The van der Waals surface area contributed by atoms with E-state index < -0.39 is 30.6 Å². The van der Waals surface area contributed by atoms with Gasteiger partial charge in [-0.15, -0.1) is 0 Å². The van der Waals surface area contributed by atoms with Crippen molar-refractivity contribution in [2.75, 3.05) is 13.2 Å². The third kappa shape index (κ3) is 1.45. The molecule has 4 atom stereocenters. The van der Waals surface area contributed by atoms with Gasteiger partial charge in [0, 0.05) is 6.54 Å². The van der Waals surface area contributed by atoms with E-state index in [4.69, 9.17) is 15.3 Å². The number of aliphatic hydroxyl groups excluding tert-OH is 4. The van der Waals surface area contributed by atoms with Gasteiger partial charge >= 0.3 is 0 Å². The van der Waals surface area contributed by atoms with Crippen molar-refractivity contribution in [2.45, 2.75) is 24.0 Å². The minimum atomic E-state index is -1.92. The van der Waals surface area contributed by atoms with E-state index in [1.54, 1.807) is 0 Å². The maximum absolute atomic E-state index is 9.35. The molecule has 0 unspecified atom stereocenters. The molecule has 0 aliphatic carbocycles. The van der Waals surface area contributed by atoms with Gasteiger partial charge in [-0.25, -0.2) is 0 Å². The van der Waals surface area contributed by atoms with Crippen LogP contribution < -0.4 is 5.32 Å². The van der Waals surface area contributed by atoms with Crippen LogP contribution in [-0.2, 0) is 0 Å². The molecule has 0 spiro atoms. The molecule has 0 radical (unpaired) electrons. The van der Waals surface area contributed by atoms with Gasteiger partial charge in [-0.2, -0.15) is 0 Å². The molecule has 1 aliphatic heterocycles. The van der Waals surface area contributed by atoms with Crippen molar-refractivity contribution in [3.63, 3.8) is 0 Å². The second-order valence-electron chi connectivity index (χ2n) is 2.97. The predicted octanol–water partition coefficient (Wildman–Crippen LogP) is -3.65. The van der Waals surface area contributed by atoms with E-state index in [0.717, 1.165) is 0 Å². The first kappa shape index (κ1) is 9.85. The molecular formula is C6H13NO5. The van der Waals surface area contributed by atoms with Gasteiger partial charge in [0.2, 0.25) is 0 Å². The maximum Gasteiger partial charge on any atom is 0.168 e. The zero-order valence-corrected chi connectivity index (χ0v) is 6.38. The summed E-state index contributed by atoms with van der Waals surface area (Å²) in [6, 6.07) is 0. The van der Waals surface area contributed by atoms with Crippen molar-refractivity contribution in [3.8, 4) is 0 Å². The lowest BCUT2D eigenvalue weighted by atomic mass is 9.93. The molecule has 6 heteroatoms. The van der Waals surface area contributed by atoms with Crippen LogP contribution in [0.15, 0.2) is 0 Å². The third-order valence-corrected chi connectivity index (χ3v) is 2.07. The third-order valence-electron chi connectivity index (χ3n) is 2.07. The minimum Gasteiger partial charge on any atom is -0.392 e. The van der Waals surface area contributed by atoms with Crippen LogP contribution in [-0.4, -0.2) is 62.7 Å². The monoisotopic (exact) mass is 179 g/mol. The highest BCUT2D eigenvalue weighted by Crippen LogP contribution is 2.17. The average molecular weight is 179 g/mol. The van der Waals surface area contributed by atoms with Gasteiger partial charge < -0.3 is 25.5 Å². The summed E-state index contributed by atoms with van der Waals surface area (Å²) in [4.78, 5) is 0. The number of hydrogen-bond donors (Lipinski definition) is 6. The van der Waals surface area contributed by atoms with Crippen molar-refractivity contribution in [3.05, 3.63) is 0 Å². The normalized spacial score (nSPS) is 49.2. The molecule has 6 N–H and O–H groups in total. The van der Waals surface area contributed by atoms with E-state index in [1.165, 1.54) is 0 Å². The van der Waals surface area contributed by atoms with E-state index in [0.29, 0.717) is 0 Å². The number of nitrogens with one attached hydrogen (secondary N) is 1. The SMILES string of the molecule is OC[C@]1(O)NC[C@H](O)[C@@H](O)[C@H]1O. The van der Waals surface area contributed by atoms with E-state index in [9.17, 15) is 10.2 Å². The number of piperidine rings is 1. The first-order valence-corrected chi connectivity index (χ1v) is 3.64. The van der Waals surface area contributed by atoms with Crippen LogP contribution in [0.2, 0.25) is 0 Å². The smallest absolute Gasteiger partial charge is 0.168 e. The van der Waals surface area contributed by atoms with Gasteiger partial charge in [-0.1, -0.05) is 0 Å². The molecule has 72 valence electrons. The highest BCUT2D eigenvalue weighted by Gasteiger charge is 2.46. The Kier molecular flexibility index (Phi) is 2.67. The standard InChI is InChI=1S/C6H13NO5/c8-2-6(12)5(11)4(10)3(9)1-7-6/h3-5,7-12H,1-2H2/t3-,4+,5+,6+/m0/s1. The molecule has 12 heavy (non-hydrogen) atoms. The summed E-state index contributed by atoms with van der Waals surface area (Å²) in [5.41, 5.74) is -1.92. The molecule has 0 bridgehead atoms. The molecule has 0 saturated carbocycles. The van der Waals surface area contributed by atoms with Crippen LogP contribution in [0, 0.1) is 0 Å². The van der Waals surface area contributed by atoms with Crippen LogP contribution >= 0.6 is 0 Å². The molecular weight excluding hydrogens is 166 g/mol. The van der Waals surface area contributed by atoms with E-state index in [1.807, 2.05) is 0 Å². The number of aliphatic hydroxyl groups is 5. The molecule has 0 aromatic rings. The molecule has 1 fully saturated rings. The molecule has 0 aromatic heterocycles. The van der Waals surface area contributed by atoms with Gasteiger partial charge in [0.1, 0.15) is 12.2 Å². The van der Waals surface area contributed by atoms with Gasteiger partial charge in [0.15, 0.2) is 5.72 Å². The summed E-state index contributed by atoms with van der Waals surface area (Å²) in [6.45, 7) is -0.798. The number of rotatable bonds is 1. The zero-order chi connectivity index (χ0) is 9.35.